The van der Waals surface area contributed by atoms with Crippen LogP contribution < -0.4 is 0 Å². The lowest BCUT2D eigenvalue weighted by atomic mass is 10.3. The smallest absolute Gasteiger partial charge is 0.336 e. The maximum absolute atomic E-state index is 10.4. The highest BCUT2D eigenvalue weighted by atomic mass is 16.5. The fraction of sp³-hybridized carbons (Fsp3) is 0.143. The summed E-state index contributed by atoms with van der Waals surface area (Å²) in [5.41, 5.74) is 0.144. The molecule has 0 spiro atoms. The SMILES string of the molecule is O=C(O)/C1=C/N=C\C=COC1. The van der Waals surface area contributed by atoms with Crippen LogP contribution in [-0.4, -0.2) is 23.9 Å². The van der Waals surface area contributed by atoms with Crippen molar-refractivity contribution in [2.75, 3.05) is 6.61 Å². The molecule has 0 saturated carbocycles. The first-order chi connectivity index (χ1) is 5.30. The number of hydrogen-bond donors (Lipinski definition) is 1. The molecule has 1 aliphatic rings. The first kappa shape index (κ1) is 7.53. The average Bonchev–Trinajstić information content (AvgIpc) is 1.84. The lowest BCUT2D eigenvalue weighted by molar-refractivity contribution is -0.133. The number of allylic oxidation sites excluding steroid dienone is 1. The van der Waals surface area contributed by atoms with Gasteiger partial charge in [0.15, 0.2) is 0 Å². The Bertz CT molecular complexity index is 240. The molecule has 0 bridgehead atoms. The van der Waals surface area contributed by atoms with E-state index in [9.17, 15) is 4.79 Å². The van der Waals surface area contributed by atoms with Crippen molar-refractivity contribution in [1.29, 1.82) is 0 Å². The Morgan fingerprint density at radius 1 is 1.73 bits per heavy atom. The van der Waals surface area contributed by atoms with E-state index >= 15 is 0 Å². The fourth-order valence-electron chi connectivity index (χ4n) is 0.566. The summed E-state index contributed by atoms with van der Waals surface area (Å²) in [6.45, 7) is 0.0587. The Morgan fingerprint density at radius 3 is 3.27 bits per heavy atom. The molecule has 58 valence electrons. The summed E-state index contributed by atoms with van der Waals surface area (Å²) in [6.07, 6.45) is 5.72. The van der Waals surface area contributed by atoms with Crippen molar-refractivity contribution >= 4 is 12.2 Å². The maximum Gasteiger partial charge on any atom is 0.336 e. The molecule has 0 unspecified atom stereocenters. The normalized spacial score (nSPS) is 23.8. The van der Waals surface area contributed by atoms with Crippen molar-refractivity contribution < 1.29 is 14.6 Å². The molecule has 0 amide bonds. The summed E-state index contributed by atoms with van der Waals surface area (Å²) in [6, 6.07) is 0. The number of aliphatic carboxylic acids is 1. The summed E-state index contributed by atoms with van der Waals surface area (Å²) in [5.74, 6) is -1.00. The molecule has 0 aliphatic carbocycles. The predicted octanol–water partition coefficient (Wildman–Crippen LogP) is 0.570. The van der Waals surface area contributed by atoms with Gasteiger partial charge in [-0.15, -0.1) is 0 Å². The highest BCUT2D eigenvalue weighted by molar-refractivity contribution is 5.87. The third kappa shape index (κ3) is 2.25. The first-order valence-corrected chi connectivity index (χ1v) is 3.03. The van der Waals surface area contributed by atoms with Gasteiger partial charge in [-0.2, -0.15) is 0 Å². The van der Waals surface area contributed by atoms with E-state index < -0.39 is 5.97 Å². The quantitative estimate of drug-likeness (QED) is 0.599. The molecular formula is C7H7NO3. The van der Waals surface area contributed by atoms with Crippen LogP contribution in [-0.2, 0) is 9.53 Å². The molecule has 4 heteroatoms. The van der Waals surface area contributed by atoms with Gasteiger partial charge in [-0.3, -0.25) is 4.99 Å². The summed E-state index contributed by atoms with van der Waals surface area (Å²) < 4.78 is 4.83. The molecule has 1 rings (SSSR count). The van der Waals surface area contributed by atoms with E-state index in [0.717, 1.165) is 0 Å². The van der Waals surface area contributed by atoms with Crippen LogP contribution >= 0.6 is 0 Å². The molecule has 11 heavy (non-hydrogen) atoms. The molecule has 0 aromatic carbocycles. The van der Waals surface area contributed by atoms with Gasteiger partial charge < -0.3 is 9.84 Å². The Hall–Kier alpha value is -1.58. The van der Waals surface area contributed by atoms with Gasteiger partial charge in [-0.25, -0.2) is 4.79 Å². The van der Waals surface area contributed by atoms with Gasteiger partial charge in [0.2, 0.25) is 0 Å². The minimum absolute atomic E-state index is 0.0587. The van der Waals surface area contributed by atoms with E-state index in [1.807, 2.05) is 0 Å². The zero-order valence-electron chi connectivity index (χ0n) is 5.73. The summed E-state index contributed by atoms with van der Waals surface area (Å²) in [4.78, 5) is 14.1. The van der Waals surface area contributed by atoms with Crippen LogP contribution in [0.3, 0.4) is 0 Å². The summed E-state index contributed by atoms with van der Waals surface area (Å²) in [5, 5.41) is 8.51. The molecule has 0 radical (unpaired) electrons. The van der Waals surface area contributed by atoms with Gasteiger partial charge >= 0.3 is 5.97 Å². The molecule has 0 saturated heterocycles. The number of rotatable bonds is 1. The molecule has 0 aromatic heterocycles. The number of carboxylic acids is 1. The Morgan fingerprint density at radius 2 is 2.55 bits per heavy atom. The highest BCUT2D eigenvalue weighted by Crippen LogP contribution is 1.98. The van der Waals surface area contributed by atoms with Crippen molar-refractivity contribution in [3.8, 4) is 0 Å². The molecule has 1 heterocycles. The second kappa shape index (κ2) is 3.55. The fourth-order valence-corrected chi connectivity index (χ4v) is 0.566. The van der Waals surface area contributed by atoms with Gasteiger partial charge in [-0.1, -0.05) is 0 Å². The molecule has 0 aromatic rings. The first-order valence-electron chi connectivity index (χ1n) is 3.03. The van der Waals surface area contributed by atoms with Crippen LogP contribution in [0, 0.1) is 0 Å². The van der Waals surface area contributed by atoms with Crippen LogP contribution in [0.2, 0.25) is 0 Å². The van der Waals surface area contributed by atoms with Crippen molar-refractivity contribution in [3.63, 3.8) is 0 Å². The van der Waals surface area contributed by atoms with Crippen LogP contribution in [0.4, 0.5) is 0 Å². The zero-order valence-corrected chi connectivity index (χ0v) is 5.73. The Labute approximate surface area is 63.5 Å². The highest BCUT2D eigenvalue weighted by Gasteiger charge is 2.06. The van der Waals surface area contributed by atoms with E-state index in [1.54, 1.807) is 6.08 Å². The number of ether oxygens (including phenoxy) is 1. The standard InChI is InChI=1S/C7H7NO3/c9-7(10)6-4-8-2-1-3-11-5-6/h1-4H,5H2,(H,9,10)/b3-1?,6-4+,8-2-. The minimum atomic E-state index is -1.00. The van der Waals surface area contributed by atoms with Crippen molar-refractivity contribution in [2.24, 2.45) is 4.99 Å². The third-order valence-electron chi connectivity index (χ3n) is 1.09. The molecule has 1 aliphatic heterocycles. The van der Waals surface area contributed by atoms with Gasteiger partial charge in [0.05, 0.1) is 11.8 Å². The van der Waals surface area contributed by atoms with E-state index in [4.69, 9.17) is 9.84 Å². The van der Waals surface area contributed by atoms with Crippen LogP contribution in [0.15, 0.2) is 29.1 Å². The second-order valence-corrected chi connectivity index (χ2v) is 1.90. The van der Waals surface area contributed by atoms with Crippen molar-refractivity contribution in [2.45, 2.75) is 0 Å². The number of carboxylic acid groups (broad SMARTS) is 1. The zero-order chi connectivity index (χ0) is 8.10. The monoisotopic (exact) mass is 153 g/mol. The minimum Gasteiger partial charge on any atom is -0.496 e. The van der Waals surface area contributed by atoms with Crippen LogP contribution in [0.1, 0.15) is 0 Å². The number of carbonyl (C=O) groups is 1. The van der Waals surface area contributed by atoms with Crippen molar-refractivity contribution in [1.82, 2.24) is 0 Å². The van der Waals surface area contributed by atoms with E-state index in [1.165, 1.54) is 18.7 Å². The van der Waals surface area contributed by atoms with Crippen LogP contribution in [0.5, 0.6) is 0 Å². The van der Waals surface area contributed by atoms with E-state index in [-0.39, 0.29) is 12.2 Å². The van der Waals surface area contributed by atoms with Gasteiger partial charge in [0, 0.05) is 12.4 Å². The Kier molecular flexibility index (Phi) is 2.43. The molecular weight excluding hydrogens is 146 g/mol. The molecule has 0 atom stereocenters. The summed E-state index contributed by atoms with van der Waals surface area (Å²) in [7, 11) is 0. The molecule has 4 nitrogen and oxygen atoms in total. The predicted molar refractivity (Wildman–Crippen MR) is 39.3 cm³/mol. The number of hydrogen-bond acceptors (Lipinski definition) is 3. The van der Waals surface area contributed by atoms with Gasteiger partial charge in [0.25, 0.3) is 0 Å². The van der Waals surface area contributed by atoms with Gasteiger partial charge in [0.1, 0.15) is 6.61 Å². The third-order valence-corrected chi connectivity index (χ3v) is 1.09. The van der Waals surface area contributed by atoms with E-state index in [2.05, 4.69) is 4.99 Å². The lowest BCUT2D eigenvalue weighted by Crippen LogP contribution is -2.06. The molecule has 1 N–H and O–H groups in total. The lowest BCUT2D eigenvalue weighted by Gasteiger charge is -2.01. The Balaban J connectivity index is 2.73. The summed E-state index contributed by atoms with van der Waals surface area (Å²) >= 11 is 0. The van der Waals surface area contributed by atoms with Crippen LogP contribution in [0.25, 0.3) is 0 Å². The average molecular weight is 153 g/mol. The largest absolute Gasteiger partial charge is 0.496 e. The molecule has 0 fully saturated rings. The van der Waals surface area contributed by atoms with Gasteiger partial charge in [-0.05, 0) is 6.08 Å². The topological polar surface area (TPSA) is 58.9 Å². The number of aliphatic imine (C=N–C) groups is 1. The maximum atomic E-state index is 10.4. The van der Waals surface area contributed by atoms with Crippen molar-refractivity contribution in [3.05, 3.63) is 24.1 Å². The van der Waals surface area contributed by atoms with E-state index in [0.29, 0.717) is 0 Å². The second-order valence-electron chi connectivity index (χ2n) is 1.90. The number of nitrogens with zero attached hydrogens (tertiary/aromatic N) is 1.